The number of nitrogens with zero attached hydrogens (tertiary/aromatic N) is 2. The molecule has 1 amide bonds. The van der Waals surface area contributed by atoms with Crippen LogP contribution in [0.15, 0.2) is 18.5 Å². The molecule has 0 aromatic carbocycles. The zero-order valence-electron chi connectivity index (χ0n) is 11.0. The lowest BCUT2D eigenvalue weighted by atomic mass is 9.73. The van der Waals surface area contributed by atoms with E-state index in [1.807, 2.05) is 6.92 Å². The van der Waals surface area contributed by atoms with Crippen LogP contribution in [0.2, 0.25) is 0 Å². The minimum Gasteiger partial charge on any atom is -0.479 e. The molecule has 104 valence electrons. The van der Waals surface area contributed by atoms with Crippen molar-refractivity contribution in [1.29, 1.82) is 0 Å². The van der Waals surface area contributed by atoms with Gasteiger partial charge in [0.05, 0.1) is 0 Å². The molecule has 0 bridgehead atoms. The fraction of sp³-hybridized carbons (Fsp3) is 0.615. The van der Waals surface area contributed by atoms with Crippen molar-refractivity contribution >= 4 is 11.9 Å². The van der Waals surface area contributed by atoms with Crippen molar-refractivity contribution in [2.24, 2.45) is 5.92 Å². The number of rotatable bonds is 4. The monoisotopic (exact) mass is 265 g/mol. The molecule has 2 rings (SSSR count). The first kappa shape index (κ1) is 13.6. The van der Waals surface area contributed by atoms with Crippen LogP contribution < -0.4 is 5.32 Å². The number of carboxylic acids is 1. The van der Waals surface area contributed by atoms with E-state index < -0.39 is 11.5 Å². The number of hydrogen-bond acceptors (Lipinski definition) is 3. The molecule has 0 spiro atoms. The van der Waals surface area contributed by atoms with Gasteiger partial charge in [-0.2, -0.15) is 5.10 Å². The average molecular weight is 265 g/mol. The van der Waals surface area contributed by atoms with Gasteiger partial charge in [0.2, 0.25) is 5.91 Å². The Balaban J connectivity index is 2.08. The van der Waals surface area contributed by atoms with Crippen molar-refractivity contribution in [2.75, 3.05) is 0 Å². The Bertz CT molecular complexity index is 458. The lowest BCUT2D eigenvalue weighted by Gasteiger charge is -2.39. The van der Waals surface area contributed by atoms with E-state index >= 15 is 0 Å². The Morgan fingerprint density at radius 1 is 1.53 bits per heavy atom. The van der Waals surface area contributed by atoms with Gasteiger partial charge < -0.3 is 10.4 Å². The molecule has 6 heteroatoms. The van der Waals surface area contributed by atoms with Gasteiger partial charge in [-0.3, -0.25) is 9.48 Å². The second-order valence-corrected chi connectivity index (χ2v) is 5.18. The Morgan fingerprint density at radius 2 is 2.32 bits per heavy atom. The second kappa shape index (κ2) is 5.42. The highest BCUT2D eigenvalue weighted by molar-refractivity contribution is 5.87. The molecule has 1 aromatic rings. The first-order chi connectivity index (χ1) is 9.04. The normalized spacial score (nSPS) is 26.9. The third-order valence-electron chi connectivity index (χ3n) is 3.91. The van der Waals surface area contributed by atoms with E-state index in [0.717, 1.165) is 19.3 Å². The minimum absolute atomic E-state index is 0.0503. The van der Waals surface area contributed by atoms with Crippen LogP contribution in [-0.2, 0) is 16.1 Å². The summed E-state index contributed by atoms with van der Waals surface area (Å²) >= 11 is 0. The zero-order chi connectivity index (χ0) is 13.9. The zero-order valence-corrected chi connectivity index (χ0v) is 11.0. The van der Waals surface area contributed by atoms with Crippen molar-refractivity contribution in [2.45, 2.75) is 44.7 Å². The van der Waals surface area contributed by atoms with Crippen LogP contribution in [0.5, 0.6) is 0 Å². The summed E-state index contributed by atoms with van der Waals surface area (Å²) in [4.78, 5) is 23.6. The van der Waals surface area contributed by atoms with Crippen molar-refractivity contribution in [1.82, 2.24) is 15.1 Å². The molecule has 6 nitrogen and oxygen atoms in total. The molecule has 2 unspecified atom stereocenters. The van der Waals surface area contributed by atoms with Gasteiger partial charge >= 0.3 is 5.97 Å². The summed E-state index contributed by atoms with van der Waals surface area (Å²) in [6.45, 7) is 1.94. The van der Waals surface area contributed by atoms with Gasteiger partial charge in [0.25, 0.3) is 0 Å². The smallest absolute Gasteiger partial charge is 0.329 e. The second-order valence-electron chi connectivity index (χ2n) is 5.18. The first-order valence-electron chi connectivity index (χ1n) is 6.56. The molecule has 1 heterocycles. The van der Waals surface area contributed by atoms with Gasteiger partial charge in [-0.15, -0.1) is 0 Å². The van der Waals surface area contributed by atoms with Crippen LogP contribution >= 0.6 is 0 Å². The van der Waals surface area contributed by atoms with Crippen LogP contribution in [-0.4, -0.2) is 32.3 Å². The van der Waals surface area contributed by atoms with Crippen molar-refractivity contribution < 1.29 is 14.7 Å². The summed E-state index contributed by atoms with van der Waals surface area (Å²) in [5.74, 6) is -1.30. The largest absolute Gasteiger partial charge is 0.479 e. The highest BCUT2D eigenvalue weighted by atomic mass is 16.4. The number of carbonyl (C=O) groups excluding carboxylic acids is 1. The van der Waals surface area contributed by atoms with Crippen LogP contribution in [0.4, 0.5) is 0 Å². The number of aliphatic carboxylic acids is 1. The Kier molecular flexibility index (Phi) is 3.87. The number of hydrogen-bond donors (Lipinski definition) is 2. The lowest BCUT2D eigenvalue weighted by molar-refractivity contribution is -0.152. The molecule has 1 aliphatic carbocycles. The molecule has 1 aromatic heterocycles. The molecule has 19 heavy (non-hydrogen) atoms. The third-order valence-corrected chi connectivity index (χ3v) is 3.91. The van der Waals surface area contributed by atoms with Gasteiger partial charge in [-0.05, 0) is 24.8 Å². The minimum atomic E-state index is -1.12. The fourth-order valence-corrected chi connectivity index (χ4v) is 2.73. The van der Waals surface area contributed by atoms with Crippen molar-refractivity contribution in [3.8, 4) is 0 Å². The first-order valence-corrected chi connectivity index (χ1v) is 6.56. The summed E-state index contributed by atoms with van der Waals surface area (Å²) in [5, 5.41) is 16.2. The predicted octanol–water partition coefficient (Wildman–Crippen LogP) is 1.03. The molecule has 0 radical (unpaired) electrons. The van der Waals surface area contributed by atoms with Gasteiger partial charge in [0, 0.05) is 12.4 Å². The lowest BCUT2D eigenvalue weighted by Crippen LogP contribution is -2.60. The topological polar surface area (TPSA) is 84.2 Å². The SMILES string of the molecule is CC1CCCCC1(NC(=O)Cn1cccn1)C(=O)O. The highest BCUT2D eigenvalue weighted by Crippen LogP contribution is 2.33. The number of carboxylic acid groups (broad SMARTS) is 1. The van der Waals surface area contributed by atoms with Crippen molar-refractivity contribution in [3.05, 3.63) is 18.5 Å². The maximum absolute atomic E-state index is 12.0. The fourth-order valence-electron chi connectivity index (χ4n) is 2.73. The summed E-state index contributed by atoms with van der Waals surface area (Å²) in [5.41, 5.74) is -1.12. The Morgan fingerprint density at radius 3 is 2.89 bits per heavy atom. The molecular formula is C13H19N3O3. The Labute approximate surface area is 111 Å². The number of aromatic nitrogens is 2. The number of carbonyl (C=O) groups is 2. The van der Waals surface area contributed by atoms with Crippen LogP contribution in [0, 0.1) is 5.92 Å². The highest BCUT2D eigenvalue weighted by Gasteiger charge is 2.46. The van der Waals surface area contributed by atoms with E-state index in [1.165, 1.54) is 4.68 Å². The molecule has 2 atom stereocenters. The van der Waals surface area contributed by atoms with E-state index in [1.54, 1.807) is 18.5 Å². The van der Waals surface area contributed by atoms with Gasteiger partial charge in [-0.25, -0.2) is 4.79 Å². The molecule has 1 saturated carbocycles. The summed E-state index contributed by atoms with van der Waals surface area (Å²) in [6.07, 6.45) is 6.44. The Hall–Kier alpha value is -1.85. The van der Waals surface area contributed by atoms with Gasteiger partial charge in [-0.1, -0.05) is 19.8 Å². The van der Waals surface area contributed by atoms with Crippen LogP contribution in [0.1, 0.15) is 32.6 Å². The van der Waals surface area contributed by atoms with Crippen LogP contribution in [0.3, 0.4) is 0 Å². The molecule has 2 N–H and O–H groups in total. The van der Waals surface area contributed by atoms with E-state index in [2.05, 4.69) is 10.4 Å². The third kappa shape index (κ3) is 2.77. The molecule has 0 aliphatic heterocycles. The predicted molar refractivity (Wildman–Crippen MR) is 68.4 cm³/mol. The molecular weight excluding hydrogens is 246 g/mol. The quantitative estimate of drug-likeness (QED) is 0.851. The van der Waals surface area contributed by atoms with E-state index in [9.17, 15) is 14.7 Å². The van der Waals surface area contributed by atoms with Crippen LogP contribution in [0.25, 0.3) is 0 Å². The summed E-state index contributed by atoms with van der Waals surface area (Å²) in [7, 11) is 0. The van der Waals surface area contributed by atoms with Gasteiger partial charge in [0.1, 0.15) is 12.1 Å². The number of amides is 1. The van der Waals surface area contributed by atoms with E-state index in [4.69, 9.17) is 0 Å². The molecule has 0 saturated heterocycles. The maximum Gasteiger partial charge on any atom is 0.329 e. The molecule has 1 fully saturated rings. The number of nitrogens with one attached hydrogen (secondary N) is 1. The van der Waals surface area contributed by atoms with E-state index in [0.29, 0.717) is 6.42 Å². The standard InChI is InChI=1S/C13H19N3O3/c1-10-5-2-3-6-13(10,12(18)19)15-11(17)9-16-8-4-7-14-16/h4,7-8,10H,2-3,5-6,9H2,1H3,(H,15,17)(H,18,19). The summed E-state index contributed by atoms with van der Waals surface area (Å²) in [6, 6.07) is 1.73. The molecule has 1 aliphatic rings. The summed E-state index contributed by atoms with van der Waals surface area (Å²) < 4.78 is 1.48. The average Bonchev–Trinajstić information content (AvgIpc) is 2.84. The van der Waals surface area contributed by atoms with Crippen molar-refractivity contribution in [3.63, 3.8) is 0 Å². The maximum atomic E-state index is 12.0. The van der Waals surface area contributed by atoms with E-state index in [-0.39, 0.29) is 18.4 Å². The van der Waals surface area contributed by atoms with Gasteiger partial charge in [0.15, 0.2) is 0 Å².